The average Bonchev–Trinajstić information content (AvgIpc) is 3.01. The van der Waals surface area contributed by atoms with Gasteiger partial charge in [-0.05, 0) is 36.0 Å². The third-order valence-electron chi connectivity index (χ3n) is 5.53. The summed E-state index contributed by atoms with van der Waals surface area (Å²) in [6, 6.07) is 9.31. The molecule has 3 rings (SSSR count). The molecule has 0 fully saturated rings. The number of hydrogen-bond donors (Lipinski definition) is 1. The molecule has 0 spiro atoms. The number of aryl methyl sites for hydroxylation is 3. The molecule has 1 unspecified atom stereocenters. The summed E-state index contributed by atoms with van der Waals surface area (Å²) >= 11 is 0. The van der Waals surface area contributed by atoms with Gasteiger partial charge in [-0.25, -0.2) is 4.79 Å². The predicted molar refractivity (Wildman–Crippen MR) is 121 cm³/mol. The number of aromatic nitrogens is 1. The fourth-order valence-electron chi connectivity index (χ4n) is 3.89. The molecule has 0 aliphatic heterocycles. The van der Waals surface area contributed by atoms with Crippen molar-refractivity contribution >= 4 is 16.9 Å². The van der Waals surface area contributed by atoms with Gasteiger partial charge in [-0.15, -0.1) is 0 Å². The summed E-state index contributed by atoms with van der Waals surface area (Å²) in [4.78, 5) is 24.7. The SMILES string of the molecule is CCCc1cc2c(=O)n(C)oc2c(CCC)c1OC(C(=O)O)c1ccc(C(C)C)cc1. The Morgan fingerprint density at radius 1 is 1.10 bits per heavy atom. The zero-order valence-corrected chi connectivity index (χ0v) is 18.9. The van der Waals surface area contributed by atoms with Crippen molar-refractivity contribution in [3.63, 3.8) is 0 Å². The summed E-state index contributed by atoms with van der Waals surface area (Å²) in [7, 11) is 1.58. The first-order valence-electron chi connectivity index (χ1n) is 10.9. The minimum atomic E-state index is -1.15. The lowest BCUT2D eigenvalue weighted by atomic mass is 9.97. The fraction of sp³-hybridized carbons (Fsp3) is 0.440. The maximum absolute atomic E-state index is 12.5. The van der Waals surface area contributed by atoms with Crippen LogP contribution < -0.4 is 10.3 Å². The van der Waals surface area contributed by atoms with Crippen LogP contribution in [-0.4, -0.2) is 15.8 Å². The van der Waals surface area contributed by atoms with Crippen LogP contribution in [0, 0.1) is 0 Å². The lowest BCUT2D eigenvalue weighted by molar-refractivity contribution is -0.145. The summed E-state index contributed by atoms with van der Waals surface area (Å²) in [5.74, 6) is -0.184. The van der Waals surface area contributed by atoms with Gasteiger partial charge in [0.1, 0.15) is 5.75 Å². The lowest BCUT2D eigenvalue weighted by Crippen LogP contribution is -2.20. The molecule has 0 saturated carbocycles. The molecule has 6 heteroatoms. The molecule has 0 bridgehead atoms. The second-order valence-electron chi connectivity index (χ2n) is 8.27. The number of hydrogen-bond acceptors (Lipinski definition) is 4. The molecule has 31 heavy (non-hydrogen) atoms. The number of rotatable bonds is 9. The molecule has 1 heterocycles. The summed E-state index contributed by atoms with van der Waals surface area (Å²) < 4.78 is 13.1. The van der Waals surface area contributed by atoms with Crippen LogP contribution in [0.15, 0.2) is 39.6 Å². The molecule has 2 aromatic carbocycles. The summed E-state index contributed by atoms with van der Waals surface area (Å²) in [6.07, 6.45) is 1.79. The molecule has 0 aliphatic rings. The second-order valence-corrected chi connectivity index (χ2v) is 8.27. The van der Waals surface area contributed by atoms with E-state index in [1.54, 1.807) is 13.1 Å². The van der Waals surface area contributed by atoms with Crippen LogP contribution in [0.5, 0.6) is 5.75 Å². The van der Waals surface area contributed by atoms with E-state index in [1.165, 1.54) is 4.74 Å². The Bertz CT molecular complexity index is 1120. The van der Waals surface area contributed by atoms with Crippen LogP contribution >= 0.6 is 0 Å². The van der Waals surface area contributed by atoms with Gasteiger partial charge in [0.05, 0.1) is 5.39 Å². The first-order chi connectivity index (χ1) is 14.8. The van der Waals surface area contributed by atoms with Crippen molar-refractivity contribution in [3.8, 4) is 5.75 Å². The van der Waals surface area contributed by atoms with Gasteiger partial charge in [-0.1, -0.05) is 64.8 Å². The molecule has 0 aliphatic carbocycles. The zero-order valence-electron chi connectivity index (χ0n) is 18.9. The van der Waals surface area contributed by atoms with Crippen molar-refractivity contribution < 1.29 is 19.2 Å². The molecule has 6 nitrogen and oxygen atoms in total. The van der Waals surface area contributed by atoms with E-state index in [0.29, 0.717) is 41.0 Å². The molecular weight excluding hydrogens is 394 g/mol. The smallest absolute Gasteiger partial charge is 0.349 e. The Morgan fingerprint density at radius 2 is 1.71 bits per heavy atom. The van der Waals surface area contributed by atoms with Gasteiger partial charge in [-0.3, -0.25) is 4.79 Å². The lowest BCUT2D eigenvalue weighted by Gasteiger charge is -2.21. The zero-order chi connectivity index (χ0) is 22.7. The predicted octanol–water partition coefficient (Wildman–Crippen LogP) is 5.36. The number of benzene rings is 2. The van der Waals surface area contributed by atoms with Crippen molar-refractivity contribution in [3.05, 3.63) is 62.9 Å². The highest BCUT2D eigenvalue weighted by atomic mass is 16.5. The van der Waals surface area contributed by atoms with Gasteiger partial charge in [0.2, 0.25) is 6.10 Å². The number of ether oxygens (including phenoxy) is 1. The van der Waals surface area contributed by atoms with E-state index in [4.69, 9.17) is 9.26 Å². The van der Waals surface area contributed by atoms with Crippen LogP contribution in [0.1, 0.15) is 74.8 Å². The van der Waals surface area contributed by atoms with E-state index in [0.717, 1.165) is 29.5 Å². The van der Waals surface area contributed by atoms with Crippen molar-refractivity contribution in [2.75, 3.05) is 0 Å². The fourth-order valence-corrected chi connectivity index (χ4v) is 3.89. The number of carbonyl (C=O) groups is 1. The summed E-state index contributed by atoms with van der Waals surface area (Å²) in [6.45, 7) is 8.26. The van der Waals surface area contributed by atoms with Gasteiger partial charge in [0, 0.05) is 18.2 Å². The Morgan fingerprint density at radius 3 is 2.26 bits per heavy atom. The van der Waals surface area contributed by atoms with Crippen molar-refractivity contribution in [1.82, 2.24) is 4.74 Å². The summed E-state index contributed by atoms with van der Waals surface area (Å²) in [5, 5.41) is 10.5. The highest BCUT2D eigenvalue weighted by molar-refractivity contribution is 5.84. The second kappa shape index (κ2) is 9.41. The van der Waals surface area contributed by atoms with Crippen molar-refractivity contribution in [2.45, 2.75) is 65.4 Å². The van der Waals surface area contributed by atoms with Gasteiger partial charge < -0.3 is 14.4 Å². The minimum absolute atomic E-state index is 0.199. The van der Waals surface area contributed by atoms with Gasteiger partial charge in [-0.2, -0.15) is 4.74 Å². The average molecular weight is 426 g/mol. The maximum atomic E-state index is 12.5. The van der Waals surface area contributed by atoms with E-state index in [-0.39, 0.29) is 5.56 Å². The molecule has 1 atom stereocenters. The van der Waals surface area contributed by atoms with Gasteiger partial charge >= 0.3 is 5.97 Å². The first kappa shape index (κ1) is 22.7. The molecular formula is C25H31NO5. The van der Waals surface area contributed by atoms with E-state index < -0.39 is 12.1 Å². The van der Waals surface area contributed by atoms with E-state index in [9.17, 15) is 14.7 Å². The number of nitrogens with zero attached hydrogens (tertiary/aromatic N) is 1. The minimum Gasteiger partial charge on any atom is -0.478 e. The number of carboxylic acid groups (broad SMARTS) is 1. The monoisotopic (exact) mass is 425 g/mol. The van der Waals surface area contributed by atoms with E-state index >= 15 is 0 Å². The third kappa shape index (κ3) is 4.53. The molecule has 0 saturated heterocycles. The van der Waals surface area contributed by atoms with Crippen molar-refractivity contribution in [2.24, 2.45) is 7.05 Å². The molecule has 0 amide bonds. The maximum Gasteiger partial charge on any atom is 0.349 e. The van der Waals surface area contributed by atoms with E-state index in [1.807, 2.05) is 38.1 Å². The quantitative estimate of drug-likeness (QED) is 0.499. The molecule has 3 aromatic rings. The molecule has 0 radical (unpaired) electrons. The Kier molecular flexibility index (Phi) is 6.88. The molecule has 1 aromatic heterocycles. The largest absolute Gasteiger partial charge is 0.478 e. The standard InChI is InChI=1S/C25H31NO5/c1-6-8-18-14-20-23(31-26(5)24(20)27)19(9-7-2)21(18)30-22(25(28)29)17-12-10-16(11-13-17)15(3)4/h10-15,22H,6-9H2,1-5H3,(H,28,29). The highest BCUT2D eigenvalue weighted by Crippen LogP contribution is 2.36. The topological polar surface area (TPSA) is 81.7 Å². The Labute approximate surface area is 182 Å². The van der Waals surface area contributed by atoms with Gasteiger partial charge in [0.15, 0.2) is 5.58 Å². The Balaban J connectivity index is 2.16. The number of carboxylic acids is 1. The summed E-state index contributed by atoms with van der Waals surface area (Å²) in [5.41, 5.74) is 3.59. The number of fused-ring (bicyclic) bond motifs is 1. The van der Waals surface area contributed by atoms with Crippen molar-refractivity contribution in [1.29, 1.82) is 0 Å². The molecule has 166 valence electrons. The third-order valence-corrected chi connectivity index (χ3v) is 5.53. The van der Waals surface area contributed by atoms with Gasteiger partial charge in [0.25, 0.3) is 5.56 Å². The number of aliphatic carboxylic acids is 1. The van der Waals surface area contributed by atoms with Crippen LogP contribution in [0.3, 0.4) is 0 Å². The van der Waals surface area contributed by atoms with Crippen LogP contribution in [0.4, 0.5) is 0 Å². The van der Waals surface area contributed by atoms with Crippen LogP contribution in [0.25, 0.3) is 11.0 Å². The van der Waals surface area contributed by atoms with Crippen LogP contribution in [-0.2, 0) is 24.7 Å². The first-order valence-corrected chi connectivity index (χ1v) is 10.9. The van der Waals surface area contributed by atoms with E-state index in [2.05, 4.69) is 13.8 Å². The highest BCUT2D eigenvalue weighted by Gasteiger charge is 2.27. The normalized spacial score (nSPS) is 12.5. The molecule has 1 N–H and O–H groups in total. The Hall–Kier alpha value is -3.02. The van der Waals surface area contributed by atoms with Crippen LogP contribution in [0.2, 0.25) is 0 Å².